The van der Waals surface area contributed by atoms with Crippen molar-refractivity contribution in [2.24, 2.45) is 0 Å². The van der Waals surface area contributed by atoms with Gasteiger partial charge in [-0.3, -0.25) is 4.79 Å². The lowest BCUT2D eigenvalue weighted by Gasteiger charge is -1.98. The standard InChI is InChI=1S/C12H10OS2/c1-9(13)11(12-5-3-7-15-12)8-10-4-2-6-14-10/h2-8H,1H3/b11-8-. The Morgan fingerprint density at radius 1 is 1.20 bits per heavy atom. The van der Waals surface area contributed by atoms with E-state index in [1.807, 2.05) is 41.1 Å². The van der Waals surface area contributed by atoms with Gasteiger partial charge in [0, 0.05) is 15.3 Å². The lowest BCUT2D eigenvalue weighted by molar-refractivity contribution is -0.111. The Bertz CT molecular complexity index is 464. The van der Waals surface area contributed by atoms with Crippen molar-refractivity contribution in [2.45, 2.75) is 6.92 Å². The van der Waals surface area contributed by atoms with Gasteiger partial charge in [-0.15, -0.1) is 22.7 Å². The number of carbonyl (C=O) groups excluding carboxylic acids is 1. The molecule has 0 aliphatic carbocycles. The topological polar surface area (TPSA) is 17.1 Å². The van der Waals surface area contributed by atoms with Crippen LogP contribution in [0.15, 0.2) is 35.0 Å². The van der Waals surface area contributed by atoms with E-state index in [9.17, 15) is 4.79 Å². The summed E-state index contributed by atoms with van der Waals surface area (Å²) in [5.74, 6) is 0.117. The molecule has 0 atom stereocenters. The third-order valence-corrected chi connectivity index (χ3v) is 3.72. The third-order valence-electron chi connectivity index (χ3n) is 2.00. The Morgan fingerprint density at radius 2 is 1.93 bits per heavy atom. The van der Waals surface area contributed by atoms with Crippen molar-refractivity contribution in [3.05, 3.63) is 44.8 Å². The van der Waals surface area contributed by atoms with Crippen molar-refractivity contribution in [3.63, 3.8) is 0 Å². The molecule has 0 saturated heterocycles. The van der Waals surface area contributed by atoms with Gasteiger partial charge in [-0.05, 0) is 35.9 Å². The van der Waals surface area contributed by atoms with Crippen molar-refractivity contribution < 1.29 is 4.79 Å². The summed E-state index contributed by atoms with van der Waals surface area (Å²) in [6, 6.07) is 7.95. The molecule has 0 amide bonds. The molecular formula is C12H10OS2. The normalized spacial score (nSPS) is 11.7. The summed E-state index contributed by atoms with van der Waals surface area (Å²) in [6.45, 7) is 1.61. The van der Waals surface area contributed by atoms with Crippen LogP contribution >= 0.6 is 22.7 Å². The minimum Gasteiger partial charge on any atom is -0.294 e. The Hall–Kier alpha value is -1.19. The van der Waals surface area contributed by atoms with Crippen LogP contribution in [0.3, 0.4) is 0 Å². The van der Waals surface area contributed by atoms with E-state index in [-0.39, 0.29) is 5.78 Å². The van der Waals surface area contributed by atoms with Gasteiger partial charge in [0.25, 0.3) is 0 Å². The van der Waals surface area contributed by atoms with Gasteiger partial charge in [0.2, 0.25) is 0 Å². The molecule has 0 aliphatic rings. The number of hydrogen-bond acceptors (Lipinski definition) is 3. The van der Waals surface area contributed by atoms with Gasteiger partial charge in [-0.25, -0.2) is 0 Å². The Morgan fingerprint density at radius 3 is 2.47 bits per heavy atom. The highest BCUT2D eigenvalue weighted by Crippen LogP contribution is 2.25. The summed E-state index contributed by atoms with van der Waals surface area (Å²) in [7, 11) is 0. The zero-order valence-corrected chi connectivity index (χ0v) is 9.90. The van der Waals surface area contributed by atoms with Crippen LogP contribution in [0.2, 0.25) is 0 Å². The molecule has 0 aliphatic heterocycles. The first-order valence-electron chi connectivity index (χ1n) is 4.57. The first-order chi connectivity index (χ1) is 7.27. The average molecular weight is 234 g/mol. The maximum atomic E-state index is 11.5. The van der Waals surface area contributed by atoms with E-state index < -0.39 is 0 Å². The van der Waals surface area contributed by atoms with Gasteiger partial charge >= 0.3 is 0 Å². The molecule has 0 radical (unpaired) electrons. The number of thiophene rings is 2. The fourth-order valence-corrected chi connectivity index (χ4v) is 2.74. The van der Waals surface area contributed by atoms with E-state index >= 15 is 0 Å². The Labute approximate surface area is 96.7 Å². The van der Waals surface area contributed by atoms with E-state index in [0.717, 1.165) is 15.3 Å². The van der Waals surface area contributed by atoms with Crippen LogP contribution in [-0.4, -0.2) is 5.78 Å². The number of carbonyl (C=O) groups is 1. The Balaban J connectivity index is 2.41. The molecule has 3 heteroatoms. The van der Waals surface area contributed by atoms with Crippen LogP contribution < -0.4 is 0 Å². The average Bonchev–Trinajstić information content (AvgIpc) is 2.87. The molecule has 76 valence electrons. The molecule has 0 saturated carbocycles. The zero-order chi connectivity index (χ0) is 10.7. The highest BCUT2D eigenvalue weighted by molar-refractivity contribution is 7.12. The second kappa shape index (κ2) is 4.55. The fraction of sp³-hybridized carbons (Fsp3) is 0.0833. The molecule has 0 N–H and O–H groups in total. The van der Waals surface area contributed by atoms with Crippen molar-refractivity contribution in [1.82, 2.24) is 0 Å². The van der Waals surface area contributed by atoms with Crippen LogP contribution in [0.5, 0.6) is 0 Å². The SMILES string of the molecule is CC(=O)/C(=C/c1cccs1)c1cccs1. The number of rotatable bonds is 3. The lowest BCUT2D eigenvalue weighted by atomic mass is 10.1. The second-order valence-electron chi connectivity index (χ2n) is 3.11. The summed E-state index contributed by atoms with van der Waals surface area (Å²) >= 11 is 3.24. The quantitative estimate of drug-likeness (QED) is 0.735. The van der Waals surface area contributed by atoms with E-state index in [1.165, 1.54) is 0 Å². The van der Waals surface area contributed by atoms with Crippen LogP contribution in [0.1, 0.15) is 16.7 Å². The van der Waals surface area contributed by atoms with Gasteiger partial charge < -0.3 is 0 Å². The first kappa shape index (κ1) is 10.3. The van der Waals surface area contributed by atoms with Gasteiger partial charge in [-0.2, -0.15) is 0 Å². The van der Waals surface area contributed by atoms with Crippen LogP contribution in [0.25, 0.3) is 11.6 Å². The van der Waals surface area contributed by atoms with E-state index in [0.29, 0.717) is 0 Å². The fourth-order valence-electron chi connectivity index (χ4n) is 1.29. The summed E-state index contributed by atoms with van der Waals surface area (Å²) in [6.07, 6.45) is 1.96. The minimum atomic E-state index is 0.117. The summed E-state index contributed by atoms with van der Waals surface area (Å²) in [4.78, 5) is 13.7. The number of Topliss-reactive ketones (excluding diaryl/α,β-unsaturated/α-hetero) is 1. The molecular weight excluding hydrogens is 224 g/mol. The first-order valence-corrected chi connectivity index (χ1v) is 6.33. The third kappa shape index (κ3) is 2.43. The molecule has 15 heavy (non-hydrogen) atoms. The molecule has 0 fully saturated rings. The maximum Gasteiger partial charge on any atom is 0.161 e. The predicted molar refractivity (Wildman–Crippen MR) is 67.2 cm³/mol. The molecule has 0 unspecified atom stereocenters. The van der Waals surface area contributed by atoms with Crippen molar-refractivity contribution in [2.75, 3.05) is 0 Å². The van der Waals surface area contributed by atoms with E-state index in [1.54, 1.807) is 29.6 Å². The van der Waals surface area contributed by atoms with Crippen molar-refractivity contribution in [1.29, 1.82) is 0 Å². The van der Waals surface area contributed by atoms with E-state index in [4.69, 9.17) is 0 Å². The molecule has 1 nitrogen and oxygen atoms in total. The van der Waals surface area contributed by atoms with Crippen LogP contribution in [0, 0.1) is 0 Å². The highest BCUT2D eigenvalue weighted by Gasteiger charge is 2.08. The predicted octanol–water partition coefficient (Wildman–Crippen LogP) is 3.94. The largest absolute Gasteiger partial charge is 0.294 e. The number of allylic oxidation sites excluding steroid dienone is 1. The summed E-state index contributed by atoms with van der Waals surface area (Å²) in [5, 5.41) is 4.00. The molecule has 2 rings (SSSR count). The highest BCUT2D eigenvalue weighted by atomic mass is 32.1. The monoisotopic (exact) mass is 234 g/mol. The van der Waals surface area contributed by atoms with Gasteiger partial charge in [0.1, 0.15) is 0 Å². The Kier molecular flexibility index (Phi) is 3.14. The minimum absolute atomic E-state index is 0.117. The smallest absolute Gasteiger partial charge is 0.161 e. The van der Waals surface area contributed by atoms with Gasteiger partial charge in [0.05, 0.1) is 0 Å². The molecule has 2 aromatic rings. The van der Waals surface area contributed by atoms with Gasteiger partial charge in [0.15, 0.2) is 5.78 Å². The van der Waals surface area contributed by atoms with Gasteiger partial charge in [-0.1, -0.05) is 12.1 Å². The number of ketones is 1. The molecule has 2 heterocycles. The second-order valence-corrected chi connectivity index (χ2v) is 5.03. The zero-order valence-electron chi connectivity index (χ0n) is 8.27. The summed E-state index contributed by atoms with van der Waals surface area (Å²) < 4.78 is 0. The maximum absolute atomic E-state index is 11.5. The van der Waals surface area contributed by atoms with Crippen molar-refractivity contribution >= 4 is 40.1 Å². The van der Waals surface area contributed by atoms with E-state index in [2.05, 4.69) is 0 Å². The molecule has 0 bridgehead atoms. The van der Waals surface area contributed by atoms with Crippen LogP contribution in [0.4, 0.5) is 0 Å². The molecule has 2 aromatic heterocycles. The lowest BCUT2D eigenvalue weighted by Crippen LogP contribution is -1.92. The van der Waals surface area contributed by atoms with Crippen LogP contribution in [-0.2, 0) is 4.79 Å². The summed E-state index contributed by atoms with van der Waals surface area (Å²) in [5.41, 5.74) is 0.799. The molecule has 0 aromatic carbocycles. The molecule has 0 spiro atoms. The number of hydrogen-bond donors (Lipinski definition) is 0. The van der Waals surface area contributed by atoms with Crippen molar-refractivity contribution in [3.8, 4) is 0 Å².